The maximum atomic E-state index is 6.34. The minimum atomic E-state index is -0.144. The van der Waals surface area contributed by atoms with E-state index in [0.717, 1.165) is 20.7 Å². The molecule has 1 aromatic carbocycles. The van der Waals surface area contributed by atoms with Crippen molar-refractivity contribution in [3.63, 3.8) is 0 Å². The van der Waals surface area contributed by atoms with Crippen molar-refractivity contribution in [3.05, 3.63) is 50.1 Å². The minimum absolute atomic E-state index is 0.144. The second-order valence-electron chi connectivity index (χ2n) is 4.14. The number of halogens is 1. The van der Waals surface area contributed by atoms with Crippen LogP contribution in [0.3, 0.4) is 0 Å². The summed E-state index contributed by atoms with van der Waals surface area (Å²) in [5, 5.41) is 2.08. The fourth-order valence-corrected chi connectivity index (χ4v) is 3.08. The van der Waals surface area contributed by atoms with Gasteiger partial charge in [-0.25, -0.2) is 0 Å². The fraction of sp³-hybridized carbons (Fsp3) is 0.286. The predicted octanol–water partition coefficient (Wildman–Crippen LogP) is 4.27. The monoisotopic (exact) mass is 325 g/mol. The highest BCUT2D eigenvalue weighted by Crippen LogP contribution is 2.32. The number of thiophene rings is 1. The maximum Gasteiger partial charge on any atom is 0.124 e. The quantitative estimate of drug-likeness (QED) is 0.911. The molecule has 2 nitrogen and oxygen atoms in total. The highest BCUT2D eigenvalue weighted by atomic mass is 79.9. The van der Waals surface area contributed by atoms with E-state index in [4.69, 9.17) is 10.5 Å². The topological polar surface area (TPSA) is 35.2 Å². The molecule has 0 radical (unpaired) electrons. The summed E-state index contributed by atoms with van der Waals surface area (Å²) in [6, 6.07) is 8.06. The number of benzene rings is 1. The maximum absolute atomic E-state index is 6.34. The average Bonchev–Trinajstić information content (AvgIpc) is 2.77. The Morgan fingerprint density at radius 3 is 2.78 bits per heavy atom. The molecular formula is C14H16BrNOS. The van der Waals surface area contributed by atoms with E-state index < -0.39 is 0 Å². The summed E-state index contributed by atoms with van der Waals surface area (Å²) in [7, 11) is 0. The molecule has 18 heavy (non-hydrogen) atoms. The average molecular weight is 326 g/mol. The first-order valence-corrected chi connectivity index (χ1v) is 7.52. The van der Waals surface area contributed by atoms with Gasteiger partial charge in [-0.3, -0.25) is 0 Å². The molecule has 2 rings (SSSR count). The van der Waals surface area contributed by atoms with Gasteiger partial charge >= 0.3 is 0 Å². The summed E-state index contributed by atoms with van der Waals surface area (Å²) >= 11 is 5.12. The molecule has 1 atom stereocenters. The number of nitrogens with two attached hydrogens (primary N) is 1. The first-order valence-electron chi connectivity index (χ1n) is 5.84. The molecule has 96 valence electrons. The molecule has 0 aliphatic heterocycles. The molecule has 0 fully saturated rings. The van der Waals surface area contributed by atoms with Gasteiger partial charge in [0.2, 0.25) is 0 Å². The van der Waals surface area contributed by atoms with E-state index in [1.807, 2.05) is 19.1 Å². The van der Waals surface area contributed by atoms with Crippen molar-refractivity contribution in [2.24, 2.45) is 5.73 Å². The lowest BCUT2D eigenvalue weighted by atomic mass is 9.99. The molecule has 0 bridgehead atoms. The number of aryl methyl sites for hydroxylation is 1. The molecule has 1 heterocycles. The Balaban J connectivity index is 2.39. The van der Waals surface area contributed by atoms with Crippen LogP contribution in [0.1, 0.15) is 29.7 Å². The lowest BCUT2D eigenvalue weighted by Gasteiger charge is -2.16. The molecule has 0 saturated carbocycles. The van der Waals surface area contributed by atoms with Crippen molar-refractivity contribution in [1.29, 1.82) is 0 Å². The van der Waals surface area contributed by atoms with Gasteiger partial charge in [-0.1, -0.05) is 17.7 Å². The second kappa shape index (κ2) is 5.87. The van der Waals surface area contributed by atoms with E-state index in [1.165, 1.54) is 5.56 Å². The van der Waals surface area contributed by atoms with Crippen LogP contribution in [0.25, 0.3) is 0 Å². The molecule has 1 unspecified atom stereocenters. The lowest BCUT2D eigenvalue weighted by molar-refractivity contribution is 0.335. The first kappa shape index (κ1) is 13.6. The fourth-order valence-electron chi connectivity index (χ4n) is 1.86. The lowest BCUT2D eigenvalue weighted by Crippen LogP contribution is -2.13. The van der Waals surface area contributed by atoms with Crippen molar-refractivity contribution in [2.45, 2.75) is 19.9 Å². The molecule has 1 aromatic heterocycles. The molecule has 0 amide bonds. The van der Waals surface area contributed by atoms with E-state index >= 15 is 0 Å². The largest absolute Gasteiger partial charge is 0.494 e. The Labute approximate surface area is 120 Å². The van der Waals surface area contributed by atoms with Crippen LogP contribution in [0.4, 0.5) is 0 Å². The predicted molar refractivity (Wildman–Crippen MR) is 80.4 cm³/mol. The summed E-state index contributed by atoms with van der Waals surface area (Å²) in [5.74, 6) is 0.873. The molecule has 4 heteroatoms. The van der Waals surface area contributed by atoms with E-state index in [9.17, 15) is 0 Å². The van der Waals surface area contributed by atoms with Crippen LogP contribution in [-0.4, -0.2) is 6.61 Å². The summed E-state index contributed by atoms with van der Waals surface area (Å²) in [6.07, 6.45) is 0. The van der Waals surface area contributed by atoms with Crippen molar-refractivity contribution in [2.75, 3.05) is 6.61 Å². The molecule has 2 aromatic rings. The Morgan fingerprint density at radius 1 is 1.39 bits per heavy atom. The van der Waals surface area contributed by atoms with E-state index in [-0.39, 0.29) is 6.04 Å². The van der Waals surface area contributed by atoms with E-state index in [1.54, 1.807) is 11.3 Å². The van der Waals surface area contributed by atoms with Crippen molar-refractivity contribution in [3.8, 4) is 5.75 Å². The van der Waals surface area contributed by atoms with Crippen LogP contribution in [0.2, 0.25) is 0 Å². The van der Waals surface area contributed by atoms with Gasteiger partial charge in [0.15, 0.2) is 0 Å². The normalized spacial score (nSPS) is 12.4. The van der Waals surface area contributed by atoms with Gasteiger partial charge in [-0.05, 0) is 52.9 Å². The van der Waals surface area contributed by atoms with Crippen LogP contribution in [0.15, 0.2) is 33.4 Å². The Morgan fingerprint density at radius 2 is 2.17 bits per heavy atom. The van der Waals surface area contributed by atoms with Gasteiger partial charge < -0.3 is 10.5 Å². The minimum Gasteiger partial charge on any atom is -0.494 e. The van der Waals surface area contributed by atoms with Gasteiger partial charge in [0.05, 0.1) is 16.4 Å². The van der Waals surface area contributed by atoms with Crippen LogP contribution >= 0.6 is 27.3 Å². The van der Waals surface area contributed by atoms with E-state index in [2.05, 4.69) is 40.4 Å². The molecule has 2 N–H and O–H groups in total. The molecule has 0 spiro atoms. The second-order valence-corrected chi connectivity index (χ2v) is 6.43. The molecule has 0 aliphatic rings. The Bertz CT molecular complexity index is 538. The standard InChI is InChI=1S/C14H16BrNOS/c1-3-17-12-5-4-9(2)6-11(12)14(16)10-7-13(15)18-8-10/h4-8,14H,3,16H2,1-2H3. The summed E-state index contributed by atoms with van der Waals surface area (Å²) in [4.78, 5) is 0. The van der Waals surface area contributed by atoms with Gasteiger partial charge in [0, 0.05) is 5.56 Å². The molecule has 0 saturated heterocycles. The van der Waals surface area contributed by atoms with Crippen molar-refractivity contribution >= 4 is 27.3 Å². The SMILES string of the molecule is CCOc1ccc(C)cc1C(N)c1csc(Br)c1. The van der Waals surface area contributed by atoms with Gasteiger partial charge in [0.25, 0.3) is 0 Å². The van der Waals surface area contributed by atoms with Crippen molar-refractivity contribution in [1.82, 2.24) is 0 Å². The third-order valence-electron chi connectivity index (χ3n) is 2.75. The number of hydrogen-bond donors (Lipinski definition) is 1. The van der Waals surface area contributed by atoms with Crippen LogP contribution in [0.5, 0.6) is 5.75 Å². The van der Waals surface area contributed by atoms with Gasteiger partial charge in [-0.2, -0.15) is 0 Å². The molecular weight excluding hydrogens is 310 g/mol. The number of hydrogen-bond acceptors (Lipinski definition) is 3. The zero-order chi connectivity index (χ0) is 13.1. The first-order chi connectivity index (χ1) is 8.61. The Hall–Kier alpha value is -0.840. The van der Waals surface area contributed by atoms with Crippen molar-refractivity contribution < 1.29 is 4.74 Å². The molecule has 0 aliphatic carbocycles. The van der Waals surface area contributed by atoms with Gasteiger partial charge in [0.1, 0.15) is 5.75 Å². The number of rotatable bonds is 4. The highest BCUT2D eigenvalue weighted by Gasteiger charge is 2.15. The number of ether oxygens (including phenoxy) is 1. The van der Waals surface area contributed by atoms with E-state index in [0.29, 0.717) is 6.61 Å². The highest BCUT2D eigenvalue weighted by molar-refractivity contribution is 9.11. The zero-order valence-corrected chi connectivity index (χ0v) is 12.8. The van der Waals surface area contributed by atoms with Crippen LogP contribution in [0, 0.1) is 6.92 Å². The third-order valence-corrected chi connectivity index (χ3v) is 4.27. The smallest absolute Gasteiger partial charge is 0.124 e. The van der Waals surface area contributed by atoms with Gasteiger partial charge in [-0.15, -0.1) is 11.3 Å². The zero-order valence-electron chi connectivity index (χ0n) is 10.4. The van der Waals surface area contributed by atoms with Crippen LogP contribution < -0.4 is 10.5 Å². The van der Waals surface area contributed by atoms with Crippen LogP contribution in [-0.2, 0) is 0 Å². The Kier molecular flexibility index (Phi) is 4.43. The summed E-state index contributed by atoms with van der Waals surface area (Å²) in [6.45, 7) is 4.70. The summed E-state index contributed by atoms with van der Waals surface area (Å²) in [5.41, 5.74) is 9.68. The third kappa shape index (κ3) is 2.94. The summed E-state index contributed by atoms with van der Waals surface area (Å²) < 4.78 is 6.75.